The third-order valence-corrected chi connectivity index (χ3v) is 13.1. The molecule has 0 saturated carbocycles. The predicted octanol–water partition coefficient (Wildman–Crippen LogP) is 5.19. The van der Waals surface area contributed by atoms with Crippen molar-refractivity contribution in [1.82, 2.24) is 4.90 Å². The molecular formula is C38H51ClFN3O8S. The Morgan fingerprint density at radius 2 is 1.98 bits per heavy atom. The Hall–Kier alpha value is -2.78. The second-order valence-corrected chi connectivity index (χ2v) is 17.2. The fourth-order valence-corrected chi connectivity index (χ4v) is 9.06. The number of benzene rings is 2. The highest BCUT2D eigenvalue weighted by molar-refractivity contribution is 7.89. The lowest BCUT2D eigenvalue weighted by Crippen LogP contribution is -2.48. The molecule has 14 heteroatoms. The van der Waals surface area contributed by atoms with Gasteiger partial charge in [0.15, 0.2) is 0 Å². The van der Waals surface area contributed by atoms with Crippen LogP contribution in [0.25, 0.3) is 0 Å². The molecule has 0 aromatic heterocycles. The maximum absolute atomic E-state index is 16.4. The van der Waals surface area contributed by atoms with Crippen LogP contribution in [-0.4, -0.2) is 108 Å². The molecule has 286 valence electrons. The van der Waals surface area contributed by atoms with Crippen LogP contribution in [0.3, 0.4) is 0 Å². The molecule has 0 radical (unpaired) electrons. The van der Waals surface area contributed by atoms with E-state index in [4.69, 9.17) is 35.7 Å². The number of primary sulfonamides is 1. The summed E-state index contributed by atoms with van der Waals surface area (Å²) in [6.45, 7) is 8.78. The van der Waals surface area contributed by atoms with Gasteiger partial charge in [-0.2, -0.15) is 0 Å². The van der Waals surface area contributed by atoms with Gasteiger partial charge in [-0.3, -0.25) is 4.90 Å². The van der Waals surface area contributed by atoms with Crippen molar-refractivity contribution in [1.29, 1.82) is 0 Å². The number of sulfonamides is 1. The SMILES string of the molecule is C[C@H]([C@@H](C)C/C=C(\F)C(OCCN1CCOCC1)[C@@H]1OCC[C@H]1CN1C[C@@]2(CCCc3cc(Cl)ccc32)COc2ccc(C(=O)O)cc21)S(N)(=O)=O. The molecular weight excluding hydrogens is 713 g/mol. The normalized spacial score (nSPS) is 25.9. The Labute approximate surface area is 311 Å². The van der Waals surface area contributed by atoms with E-state index in [9.17, 15) is 18.3 Å². The van der Waals surface area contributed by atoms with Crippen LogP contribution >= 0.6 is 11.6 Å². The molecule has 1 aliphatic carbocycles. The van der Waals surface area contributed by atoms with Crippen molar-refractivity contribution in [2.45, 2.75) is 68.8 Å². The van der Waals surface area contributed by atoms with Gasteiger partial charge in [0.25, 0.3) is 0 Å². The number of hydrogen-bond donors (Lipinski definition) is 2. The van der Waals surface area contributed by atoms with Crippen molar-refractivity contribution in [2.24, 2.45) is 17.0 Å². The number of anilines is 1. The number of aryl methyl sites for hydroxylation is 1. The molecule has 1 spiro atoms. The number of nitrogens with zero attached hydrogens (tertiary/aromatic N) is 2. The zero-order valence-electron chi connectivity index (χ0n) is 30.0. The second kappa shape index (κ2) is 16.7. The van der Waals surface area contributed by atoms with E-state index in [1.54, 1.807) is 25.1 Å². The molecule has 6 atom stereocenters. The highest BCUT2D eigenvalue weighted by Crippen LogP contribution is 2.45. The average Bonchev–Trinajstić information content (AvgIpc) is 3.52. The number of carbonyl (C=O) groups is 1. The lowest BCUT2D eigenvalue weighted by Gasteiger charge is -2.42. The smallest absolute Gasteiger partial charge is 0.335 e. The second-order valence-electron chi connectivity index (χ2n) is 14.8. The molecule has 0 bridgehead atoms. The maximum Gasteiger partial charge on any atom is 0.335 e. The summed E-state index contributed by atoms with van der Waals surface area (Å²) < 4.78 is 65.1. The molecule has 4 aliphatic rings. The van der Waals surface area contributed by atoms with Crippen molar-refractivity contribution < 1.29 is 41.7 Å². The Morgan fingerprint density at radius 1 is 1.19 bits per heavy atom. The molecule has 2 aromatic rings. The maximum atomic E-state index is 16.4. The Kier molecular flexibility index (Phi) is 12.5. The van der Waals surface area contributed by atoms with E-state index in [0.29, 0.717) is 68.9 Å². The van der Waals surface area contributed by atoms with Gasteiger partial charge in [-0.25, -0.2) is 22.7 Å². The van der Waals surface area contributed by atoms with Gasteiger partial charge in [0.05, 0.1) is 49.0 Å². The first-order valence-electron chi connectivity index (χ1n) is 18.3. The first-order valence-corrected chi connectivity index (χ1v) is 20.3. The minimum absolute atomic E-state index is 0.152. The van der Waals surface area contributed by atoms with Gasteiger partial charge in [0, 0.05) is 55.7 Å². The molecule has 2 aromatic carbocycles. The number of morpholine rings is 1. The molecule has 3 heterocycles. The number of carboxylic acid groups (broad SMARTS) is 1. The molecule has 6 rings (SSSR count). The van der Waals surface area contributed by atoms with Gasteiger partial charge in [-0.1, -0.05) is 24.6 Å². The van der Waals surface area contributed by atoms with E-state index in [1.165, 1.54) is 24.1 Å². The number of nitrogens with two attached hydrogens (primary N) is 1. The zero-order valence-corrected chi connectivity index (χ0v) is 31.5. The van der Waals surface area contributed by atoms with Crippen LogP contribution in [0.5, 0.6) is 5.75 Å². The number of aromatic carboxylic acids is 1. The van der Waals surface area contributed by atoms with E-state index in [-0.39, 0.29) is 29.9 Å². The molecule has 3 aliphatic heterocycles. The number of ether oxygens (including phenoxy) is 4. The van der Waals surface area contributed by atoms with Crippen molar-refractivity contribution in [3.63, 3.8) is 0 Å². The number of halogens is 2. The standard InChI is InChI=1S/C38H51ClFN3O8S/c1-25(26(2)52(41,46)47)5-9-32(40)36(50-19-15-42-13-17-48-18-14-42)35-29(11-16-49-35)22-43-23-38(12-3-4-27-20-30(39)7-8-31(27)38)24-51-34-10-6-28(37(44)45)21-33(34)43/h6-10,20-21,25-26,29,35-36H,3-5,11-19,22-24H2,1-2H3,(H,44,45)(H2,41,46,47)/b32-9-/t25-,26+,29-,35+,36?,38-/m0/s1. The van der Waals surface area contributed by atoms with E-state index >= 15 is 4.39 Å². The van der Waals surface area contributed by atoms with Crippen LogP contribution in [-0.2, 0) is 36.1 Å². The summed E-state index contributed by atoms with van der Waals surface area (Å²) in [4.78, 5) is 16.6. The number of carboxylic acids is 1. The summed E-state index contributed by atoms with van der Waals surface area (Å²) in [6.07, 6.45) is 3.29. The summed E-state index contributed by atoms with van der Waals surface area (Å²) >= 11 is 6.43. The number of hydrogen-bond acceptors (Lipinski definition) is 9. The van der Waals surface area contributed by atoms with Crippen LogP contribution in [0.1, 0.15) is 61.0 Å². The van der Waals surface area contributed by atoms with Gasteiger partial charge in [-0.05, 0) is 92.5 Å². The Balaban J connectivity index is 1.30. The molecule has 1 unspecified atom stereocenters. The van der Waals surface area contributed by atoms with Crippen LogP contribution in [0, 0.1) is 11.8 Å². The lowest BCUT2D eigenvalue weighted by molar-refractivity contribution is -0.0609. The van der Waals surface area contributed by atoms with Crippen molar-refractivity contribution >= 4 is 33.3 Å². The van der Waals surface area contributed by atoms with E-state index in [2.05, 4.69) is 15.9 Å². The summed E-state index contributed by atoms with van der Waals surface area (Å²) in [5.74, 6) is -1.54. The quantitative estimate of drug-likeness (QED) is 0.280. The topological polar surface area (TPSA) is 141 Å². The summed E-state index contributed by atoms with van der Waals surface area (Å²) in [5.41, 5.74) is 2.81. The first kappa shape index (κ1) is 38.9. The fourth-order valence-electron chi connectivity index (χ4n) is 8.11. The Morgan fingerprint density at radius 3 is 2.73 bits per heavy atom. The van der Waals surface area contributed by atoms with E-state index in [0.717, 1.165) is 32.4 Å². The molecule has 3 N–H and O–H groups in total. The molecule has 2 fully saturated rings. The largest absolute Gasteiger partial charge is 0.490 e. The van der Waals surface area contributed by atoms with E-state index < -0.39 is 45.2 Å². The molecule has 52 heavy (non-hydrogen) atoms. The van der Waals surface area contributed by atoms with Crippen LogP contribution < -0.4 is 14.8 Å². The minimum Gasteiger partial charge on any atom is -0.490 e. The third kappa shape index (κ3) is 8.94. The van der Waals surface area contributed by atoms with Crippen LogP contribution in [0.2, 0.25) is 5.02 Å². The summed E-state index contributed by atoms with van der Waals surface area (Å²) in [7, 11) is -3.79. The zero-order chi connectivity index (χ0) is 37.0. The predicted molar refractivity (Wildman–Crippen MR) is 198 cm³/mol. The number of allylic oxidation sites excluding steroid dienone is 1. The van der Waals surface area contributed by atoms with Crippen molar-refractivity contribution in [2.75, 3.05) is 70.7 Å². The van der Waals surface area contributed by atoms with E-state index in [1.807, 2.05) is 12.1 Å². The first-order chi connectivity index (χ1) is 24.8. The monoisotopic (exact) mass is 763 g/mol. The molecule has 11 nitrogen and oxygen atoms in total. The van der Waals surface area contributed by atoms with Crippen molar-refractivity contribution in [3.05, 3.63) is 70.0 Å². The highest BCUT2D eigenvalue weighted by atomic mass is 35.5. The lowest BCUT2D eigenvalue weighted by atomic mass is 9.70. The summed E-state index contributed by atoms with van der Waals surface area (Å²) in [6, 6.07) is 11.0. The number of fused-ring (bicyclic) bond motifs is 3. The Bertz CT molecular complexity index is 1720. The fraction of sp³-hybridized carbons (Fsp3) is 0.605. The molecule has 0 amide bonds. The number of rotatable bonds is 13. The average molecular weight is 764 g/mol. The van der Waals surface area contributed by atoms with Gasteiger partial charge in [-0.15, -0.1) is 0 Å². The summed E-state index contributed by atoms with van der Waals surface area (Å²) in [5, 5.41) is 15.2. The minimum atomic E-state index is -3.79. The highest BCUT2D eigenvalue weighted by Gasteiger charge is 2.45. The van der Waals surface area contributed by atoms with Gasteiger partial charge in [0.2, 0.25) is 10.0 Å². The van der Waals surface area contributed by atoms with Gasteiger partial charge >= 0.3 is 5.97 Å². The van der Waals surface area contributed by atoms with Crippen LogP contribution in [0.4, 0.5) is 10.1 Å². The third-order valence-electron chi connectivity index (χ3n) is 11.4. The van der Waals surface area contributed by atoms with Crippen LogP contribution in [0.15, 0.2) is 48.3 Å². The van der Waals surface area contributed by atoms with Gasteiger partial charge in [0.1, 0.15) is 17.7 Å². The van der Waals surface area contributed by atoms with Gasteiger partial charge < -0.3 is 29.0 Å². The molecule has 2 saturated heterocycles. The van der Waals surface area contributed by atoms with Crippen molar-refractivity contribution in [3.8, 4) is 5.75 Å².